The topological polar surface area (TPSA) is 81.4 Å². The van der Waals surface area contributed by atoms with Crippen LogP contribution in [0.1, 0.15) is 25.0 Å². The number of ether oxygens (including phenoxy) is 1. The highest BCUT2D eigenvalue weighted by Crippen LogP contribution is 2.22. The van der Waals surface area contributed by atoms with Gasteiger partial charge in [-0.3, -0.25) is 4.79 Å². The highest BCUT2D eigenvalue weighted by molar-refractivity contribution is 7.98. The quantitative estimate of drug-likeness (QED) is 0.513. The molecule has 5 nitrogen and oxygen atoms in total. The normalized spacial score (nSPS) is 14.9. The second-order valence-corrected chi connectivity index (χ2v) is 9.62. The highest BCUT2D eigenvalue weighted by Gasteiger charge is 2.40. The fourth-order valence-electron chi connectivity index (χ4n) is 2.73. The lowest BCUT2D eigenvalue weighted by Crippen LogP contribution is -2.63. The van der Waals surface area contributed by atoms with Crippen molar-refractivity contribution in [2.45, 2.75) is 36.4 Å². The summed E-state index contributed by atoms with van der Waals surface area (Å²) in [5.74, 6) is 1.47. The molecule has 30 heavy (non-hydrogen) atoms. The van der Waals surface area contributed by atoms with Crippen LogP contribution in [0.2, 0.25) is 0 Å². The third kappa shape index (κ3) is 7.38. The summed E-state index contributed by atoms with van der Waals surface area (Å²) in [5, 5.41) is 2.85. The molecule has 0 heterocycles. The van der Waals surface area contributed by atoms with E-state index in [1.165, 1.54) is 12.7 Å². The molecule has 0 saturated heterocycles. The molecule has 0 unspecified atom stereocenters. The van der Waals surface area contributed by atoms with E-state index in [2.05, 4.69) is 5.32 Å². The van der Waals surface area contributed by atoms with Gasteiger partial charge in [0.05, 0.1) is 7.11 Å². The Morgan fingerprint density at radius 2 is 1.37 bits per heavy atom. The molecule has 0 bridgehead atoms. The Labute approximate surface area is 187 Å². The average molecular weight is 447 g/mol. The number of rotatable bonds is 11. The van der Waals surface area contributed by atoms with Gasteiger partial charge in [0.15, 0.2) is 0 Å². The first-order valence-electron chi connectivity index (χ1n) is 9.70. The molecular formula is C23H30N2O3S2. The Bertz CT molecular complexity index is 816. The van der Waals surface area contributed by atoms with Crippen molar-refractivity contribution in [3.8, 4) is 0 Å². The minimum atomic E-state index is -1.16. The van der Waals surface area contributed by atoms with Crippen molar-refractivity contribution >= 4 is 35.4 Å². The Morgan fingerprint density at radius 1 is 0.900 bits per heavy atom. The molecule has 2 aromatic rings. The number of amides is 1. The first kappa shape index (κ1) is 24.3. The molecule has 0 aliphatic carbocycles. The summed E-state index contributed by atoms with van der Waals surface area (Å²) in [6.45, 7) is 3.37. The molecule has 2 aromatic carbocycles. The summed E-state index contributed by atoms with van der Waals surface area (Å²) in [4.78, 5) is 25.4. The number of thioether (sulfide) groups is 2. The number of methoxy groups -OCH3 is 1. The monoisotopic (exact) mass is 446 g/mol. The van der Waals surface area contributed by atoms with E-state index in [9.17, 15) is 9.59 Å². The van der Waals surface area contributed by atoms with Gasteiger partial charge in [0.1, 0.15) is 11.1 Å². The number of esters is 1. The van der Waals surface area contributed by atoms with Crippen LogP contribution in [-0.2, 0) is 25.8 Å². The fourth-order valence-corrected chi connectivity index (χ4v) is 4.95. The minimum Gasteiger partial charge on any atom is -0.467 e. The number of nitrogens with one attached hydrogen (secondary N) is 1. The maximum Gasteiger partial charge on any atom is 0.332 e. The smallest absolute Gasteiger partial charge is 0.332 e. The van der Waals surface area contributed by atoms with Gasteiger partial charge in [0, 0.05) is 23.0 Å². The molecule has 7 heteroatoms. The van der Waals surface area contributed by atoms with Crippen LogP contribution in [0, 0.1) is 0 Å². The molecule has 0 aromatic heterocycles. The van der Waals surface area contributed by atoms with Crippen molar-refractivity contribution in [2.75, 3.05) is 18.6 Å². The molecule has 0 fully saturated rings. The van der Waals surface area contributed by atoms with Gasteiger partial charge in [-0.05, 0) is 25.0 Å². The van der Waals surface area contributed by atoms with Crippen molar-refractivity contribution in [3.63, 3.8) is 0 Å². The number of carbonyl (C=O) groups is 2. The molecule has 1 amide bonds. The molecule has 2 atom stereocenters. The molecule has 0 aliphatic rings. The summed E-state index contributed by atoms with van der Waals surface area (Å²) < 4.78 is 4.96. The zero-order valence-corrected chi connectivity index (χ0v) is 19.4. The summed E-state index contributed by atoms with van der Waals surface area (Å²) >= 11 is 3.15. The second-order valence-electron chi connectivity index (χ2n) is 7.65. The summed E-state index contributed by atoms with van der Waals surface area (Å²) in [5.41, 5.74) is 6.36. The van der Waals surface area contributed by atoms with Crippen molar-refractivity contribution < 1.29 is 14.3 Å². The summed E-state index contributed by atoms with van der Waals surface area (Å²) in [6, 6.07) is 20.0. The lowest BCUT2D eigenvalue weighted by molar-refractivity contribution is -0.149. The van der Waals surface area contributed by atoms with Crippen molar-refractivity contribution in [1.82, 2.24) is 5.32 Å². The van der Waals surface area contributed by atoms with E-state index >= 15 is 0 Å². The molecule has 162 valence electrons. The third-order valence-electron chi connectivity index (χ3n) is 4.56. The van der Waals surface area contributed by atoms with Crippen LogP contribution in [0.25, 0.3) is 0 Å². The molecule has 0 aliphatic heterocycles. The predicted molar refractivity (Wildman–Crippen MR) is 126 cm³/mol. The Morgan fingerprint density at radius 3 is 1.83 bits per heavy atom. The van der Waals surface area contributed by atoms with Gasteiger partial charge in [-0.25, -0.2) is 4.79 Å². The third-order valence-corrected chi connectivity index (χ3v) is 7.22. The lowest BCUT2D eigenvalue weighted by atomic mass is 10.0. The van der Waals surface area contributed by atoms with Gasteiger partial charge in [0.25, 0.3) is 0 Å². The minimum absolute atomic E-state index is 0.365. The van der Waals surface area contributed by atoms with Crippen LogP contribution in [0.5, 0.6) is 0 Å². The van der Waals surface area contributed by atoms with Gasteiger partial charge in [-0.2, -0.15) is 23.5 Å². The van der Waals surface area contributed by atoms with Crippen molar-refractivity contribution in [2.24, 2.45) is 5.73 Å². The van der Waals surface area contributed by atoms with E-state index in [1.807, 2.05) is 60.7 Å². The zero-order valence-electron chi connectivity index (χ0n) is 17.7. The van der Waals surface area contributed by atoms with Crippen LogP contribution >= 0.6 is 23.5 Å². The number of hydrogen-bond acceptors (Lipinski definition) is 6. The second kappa shape index (κ2) is 11.4. The first-order valence-corrected chi connectivity index (χ1v) is 12.0. The van der Waals surface area contributed by atoms with E-state index in [0.29, 0.717) is 11.5 Å². The Balaban J connectivity index is 1.93. The zero-order chi connectivity index (χ0) is 22.0. The molecule has 0 radical (unpaired) electrons. The van der Waals surface area contributed by atoms with E-state index < -0.39 is 17.0 Å². The fraction of sp³-hybridized carbons (Fsp3) is 0.391. The van der Waals surface area contributed by atoms with E-state index in [1.54, 1.807) is 37.4 Å². The van der Waals surface area contributed by atoms with Gasteiger partial charge in [0.2, 0.25) is 5.91 Å². The number of carbonyl (C=O) groups excluding carboxylic acids is 2. The van der Waals surface area contributed by atoms with Crippen LogP contribution in [0.15, 0.2) is 60.7 Å². The van der Waals surface area contributed by atoms with Crippen LogP contribution in [0.4, 0.5) is 0 Å². The van der Waals surface area contributed by atoms with Crippen molar-refractivity contribution in [3.05, 3.63) is 71.8 Å². The Hall–Kier alpha value is -1.96. The summed E-state index contributed by atoms with van der Waals surface area (Å²) in [7, 11) is 1.33. The predicted octanol–water partition coefficient (Wildman–Crippen LogP) is 3.62. The van der Waals surface area contributed by atoms with Gasteiger partial charge >= 0.3 is 5.97 Å². The Kier molecular flexibility index (Phi) is 9.27. The highest BCUT2D eigenvalue weighted by atomic mass is 32.2. The van der Waals surface area contributed by atoms with Crippen molar-refractivity contribution in [1.29, 1.82) is 0 Å². The van der Waals surface area contributed by atoms with Crippen LogP contribution < -0.4 is 11.1 Å². The van der Waals surface area contributed by atoms with E-state index in [-0.39, 0.29) is 5.91 Å². The molecule has 0 saturated carbocycles. The molecule has 0 spiro atoms. The number of benzene rings is 2. The van der Waals surface area contributed by atoms with Crippen LogP contribution in [0.3, 0.4) is 0 Å². The lowest BCUT2D eigenvalue weighted by Gasteiger charge is -2.32. The van der Waals surface area contributed by atoms with Gasteiger partial charge in [-0.1, -0.05) is 60.7 Å². The number of hydrogen-bond donors (Lipinski definition) is 2. The number of nitrogens with two attached hydrogens (primary N) is 1. The van der Waals surface area contributed by atoms with Gasteiger partial charge < -0.3 is 15.8 Å². The SMILES string of the molecule is COC(=O)[C@](C)(CSCc1ccccc1)NC(=O)[C@@](C)(N)CSCc1ccccc1. The average Bonchev–Trinajstić information content (AvgIpc) is 2.74. The molecular weight excluding hydrogens is 416 g/mol. The first-order chi connectivity index (χ1) is 14.3. The van der Waals surface area contributed by atoms with E-state index in [4.69, 9.17) is 10.5 Å². The summed E-state index contributed by atoms with van der Waals surface area (Å²) in [6.07, 6.45) is 0. The van der Waals surface area contributed by atoms with E-state index in [0.717, 1.165) is 17.1 Å². The van der Waals surface area contributed by atoms with Gasteiger partial charge in [-0.15, -0.1) is 0 Å². The largest absolute Gasteiger partial charge is 0.467 e. The van der Waals surface area contributed by atoms with Crippen LogP contribution in [-0.4, -0.2) is 41.6 Å². The maximum absolute atomic E-state index is 12.9. The molecule has 2 rings (SSSR count). The maximum atomic E-state index is 12.9. The molecule has 3 N–H and O–H groups in total. The standard InChI is InChI=1S/C23H30N2O3S2/c1-22(24,16-29-14-18-10-6-4-7-11-18)20(26)25-23(2,21(27)28-3)17-30-15-19-12-8-5-9-13-19/h4-13H,14-17,24H2,1-3H3,(H,25,26)/t22-,23-/m0/s1.